The second-order valence-corrected chi connectivity index (χ2v) is 8.28. The normalized spacial score (nSPS) is 11.7. The van der Waals surface area contributed by atoms with Crippen molar-refractivity contribution in [2.45, 2.75) is 32.1 Å². The average Bonchev–Trinajstić information content (AvgIpc) is 2.76. The molecule has 172 valence electrons. The molecule has 10 nitrogen and oxygen atoms in total. The number of hydrogen-bond donors (Lipinski definition) is 2. The molecular formula is C22H22N4O6S. The predicted octanol–water partition coefficient (Wildman–Crippen LogP) is 2.81. The lowest BCUT2D eigenvalue weighted by atomic mass is 10.3. The number of methoxy groups -OCH3 is 1. The van der Waals surface area contributed by atoms with E-state index in [0.717, 1.165) is 5.56 Å². The molecule has 0 fully saturated rings. The van der Waals surface area contributed by atoms with Crippen LogP contribution in [0.25, 0.3) is 0 Å². The van der Waals surface area contributed by atoms with Crippen LogP contribution in [0.1, 0.15) is 18.3 Å². The number of aromatic nitrogens is 3. The molecule has 0 aliphatic heterocycles. The fourth-order valence-electron chi connectivity index (χ4n) is 2.64. The molecule has 1 aromatic carbocycles. The lowest BCUT2D eigenvalue weighted by molar-refractivity contribution is 0.0273. The Morgan fingerprint density at radius 1 is 1.09 bits per heavy atom. The summed E-state index contributed by atoms with van der Waals surface area (Å²) in [6.07, 6.45) is -0.104. The summed E-state index contributed by atoms with van der Waals surface area (Å²) in [6, 6.07) is 9.68. The number of hydrogen-bond acceptors (Lipinski definition) is 9. The van der Waals surface area contributed by atoms with Gasteiger partial charge in [0, 0.05) is 6.20 Å². The van der Waals surface area contributed by atoms with Crippen molar-refractivity contribution in [3.63, 3.8) is 0 Å². The fraction of sp³-hybridized carbons (Fsp3) is 0.227. The Labute approximate surface area is 191 Å². The molecule has 0 radical (unpaired) electrons. The van der Waals surface area contributed by atoms with Crippen LogP contribution in [0.3, 0.4) is 0 Å². The average molecular weight is 471 g/mol. The van der Waals surface area contributed by atoms with Crippen LogP contribution in [0, 0.1) is 25.7 Å². The van der Waals surface area contributed by atoms with Crippen LogP contribution in [0.5, 0.6) is 23.1 Å². The summed E-state index contributed by atoms with van der Waals surface area (Å²) >= 11 is 0. The highest BCUT2D eigenvalue weighted by Crippen LogP contribution is 2.40. The molecule has 0 amide bonds. The minimum Gasteiger partial charge on any atom is -0.493 e. The molecule has 2 aromatic heterocycles. The molecule has 0 saturated heterocycles. The van der Waals surface area contributed by atoms with Crippen molar-refractivity contribution in [3.8, 4) is 35.0 Å². The van der Waals surface area contributed by atoms with E-state index in [1.165, 1.54) is 33.2 Å². The highest BCUT2D eigenvalue weighted by atomic mass is 32.2. The van der Waals surface area contributed by atoms with E-state index in [1.54, 1.807) is 37.3 Å². The van der Waals surface area contributed by atoms with Gasteiger partial charge in [-0.15, -0.1) is 5.92 Å². The third-order valence-corrected chi connectivity index (χ3v) is 5.36. The van der Waals surface area contributed by atoms with Crippen molar-refractivity contribution in [1.29, 1.82) is 0 Å². The summed E-state index contributed by atoms with van der Waals surface area (Å²) in [5.74, 6) is 5.06. The number of aliphatic hydroxyl groups excluding tert-OH is 1. The topological polar surface area (TPSA) is 133 Å². The number of aryl methyl sites for hydroxylation is 2. The van der Waals surface area contributed by atoms with Gasteiger partial charge in [0.2, 0.25) is 5.75 Å². The number of rotatable bonds is 8. The number of nitrogens with one attached hydrogen (secondary N) is 1. The van der Waals surface area contributed by atoms with Gasteiger partial charge in [-0.05, 0) is 50.5 Å². The lowest BCUT2D eigenvalue weighted by Gasteiger charge is -2.18. The van der Waals surface area contributed by atoms with Gasteiger partial charge in [0.15, 0.2) is 22.3 Å². The van der Waals surface area contributed by atoms with E-state index in [-0.39, 0.29) is 34.0 Å². The number of para-hydroxylation sites is 2. The number of nitrogens with zero attached hydrogens (tertiary/aromatic N) is 3. The van der Waals surface area contributed by atoms with Gasteiger partial charge in [0.05, 0.1) is 7.11 Å². The van der Waals surface area contributed by atoms with Crippen LogP contribution in [-0.4, -0.2) is 41.9 Å². The summed E-state index contributed by atoms with van der Waals surface area (Å²) in [4.78, 5) is 12.3. The van der Waals surface area contributed by atoms with E-state index in [9.17, 15) is 13.5 Å². The zero-order valence-corrected chi connectivity index (χ0v) is 19.2. The molecule has 0 bridgehead atoms. The van der Waals surface area contributed by atoms with Gasteiger partial charge < -0.3 is 19.3 Å². The van der Waals surface area contributed by atoms with Gasteiger partial charge in [-0.3, -0.25) is 4.72 Å². The third kappa shape index (κ3) is 5.88. The maximum atomic E-state index is 13.0. The molecule has 0 spiro atoms. The Balaban J connectivity index is 2.11. The van der Waals surface area contributed by atoms with Crippen LogP contribution in [0.2, 0.25) is 0 Å². The van der Waals surface area contributed by atoms with E-state index >= 15 is 0 Å². The van der Waals surface area contributed by atoms with Crippen molar-refractivity contribution in [2.75, 3.05) is 11.8 Å². The van der Waals surface area contributed by atoms with Crippen molar-refractivity contribution < 1.29 is 27.7 Å². The molecule has 0 aliphatic carbocycles. The smallest absolute Gasteiger partial charge is 0.280 e. The standard InChI is InChI=1S/C22H22N4O6S/c1-5-8-19(27)32-22-20(31-17-10-7-6-9-16(17)30-4)21(24-15(3)25-22)26-33(28,29)18-12-11-14(2)13-23-18/h6-7,9-13,19,27H,1-4H3,(H,24,25,26). The van der Waals surface area contributed by atoms with Gasteiger partial charge in [-0.1, -0.05) is 18.2 Å². The molecule has 2 heterocycles. The molecule has 0 saturated carbocycles. The van der Waals surface area contributed by atoms with E-state index in [0.29, 0.717) is 5.75 Å². The first-order valence-corrected chi connectivity index (χ1v) is 11.1. The zero-order chi connectivity index (χ0) is 24.0. The van der Waals surface area contributed by atoms with Gasteiger partial charge in [-0.2, -0.15) is 13.4 Å². The van der Waals surface area contributed by atoms with Crippen molar-refractivity contribution in [3.05, 3.63) is 54.0 Å². The largest absolute Gasteiger partial charge is 0.493 e. The molecule has 3 aromatic rings. The van der Waals surface area contributed by atoms with Crippen molar-refractivity contribution in [2.24, 2.45) is 0 Å². The van der Waals surface area contributed by atoms with Crippen LogP contribution in [-0.2, 0) is 10.0 Å². The second-order valence-electron chi connectivity index (χ2n) is 6.65. The summed E-state index contributed by atoms with van der Waals surface area (Å²) in [5.41, 5.74) is 0.800. The highest BCUT2D eigenvalue weighted by molar-refractivity contribution is 7.92. The maximum Gasteiger partial charge on any atom is 0.280 e. The maximum absolute atomic E-state index is 13.0. The monoisotopic (exact) mass is 470 g/mol. The minimum absolute atomic E-state index is 0.156. The van der Waals surface area contributed by atoms with Gasteiger partial charge in [-0.25, -0.2) is 9.97 Å². The van der Waals surface area contributed by atoms with Crippen LogP contribution >= 0.6 is 0 Å². The Morgan fingerprint density at radius 3 is 2.45 bits per heavy atom. The number of anilines is 1. The molecule has 3 rings (SSSR count). The molecule has 1 unspecified atom stereocenters. The summed E-state index contributed by atoms with van der Waals surface area (Å²) < 4.78 is 44.9. The van der Waals surface area contributed by atoms with Crippen LogP contribution in [0.4, 0.5) is 5.82 Å². The lowest BCUT2D eigenvalue weighted by Crippen LogP contribution is -2.19. The van der Waals surface area contributed by atoms with Crippen LogP contribution in [0.15, 0.2) is 47.6 Å². The van der Waals surface area contributed by atoms with Crippen molar-refractivity contribution >= 4 is 15.8 Å². The summed E-state index contributed by atoms with van der Waals surface area (Å²) in [5, 5.41) is 9.81. The Hall–Kier alpha value is -3.88. The Bertz CT molecular complexity index is 1300. The summed E-state index contributed by atoms with van der Waals surface area (Å²) in [7, 11) is -2.68. The zero-order valence-electron chi connectivity index (χ0n) is 18.4. The molecule has 1 atom stereocenters. The number of benzene rings is 1. The SMILES string of the molecule is CC#CC(O)Oc1nc(C)nc(NS(=O)(=O)c2ccc(C)cn2)c1Oc1ccccc1OC. The molecule has 0 aliphatic rings. The summed E-state index contributed by atoms with van der Waals surface area (Å²) in [6.45, 7) is 4.84. The number of ether oxygens (including phenoxy) is 3. The number of aliphatic hydroxyl groups is 1. The van der Waals surface area contributed by atoms with Gasteiger partial charge in [0.25, 0.3) is 22.2 Å². The number of pyridine rings is 1. The first-order chi connectivity index (χ1) is 15.7. The Morgan fingerprint density at radius 2 is 1.82 bits per heavy atom. The first-order valence-electron chi connectivity index (χ1n) is 9.65. The van der Waals surface area contributed by atoms with Crippen LogP contribution < -0.4 is 18.9 Å². The van der Waals surface area contributed by atoms with Gasteiger partial charge >= 0.3 is 0 Å². The van der Waals surface area contributed by atoms with E-state index in [1.807, 2.05) is 0 Å². The minimum atomic E-state index is -4.14. The van der Waals surface area contributed by atoms with Gasteiger partial charge in [0.1, 0.15) is 5.82 Å². The van der Waals surface area contributed by atoms with E-state index in [4.69, 9.17) is 14.2 Å². The van der Waals surface area contributed by atoms with E-state index < -0.39 is 16.3 Å². The number of sulfonamides is 1. The fourth-order valence-corrected chi connectivity index (χ4v) is 3.58. The highest BCUT2D eigenvalue weighted by Gasteiger charge is 2.25. The van der Waals surface area contributed by atoms with Crippen molar-refractivity contribution in [1.82, 2.24) is 15.0 Å². The molecule has 33 heavy (non-hydrogen) atoms. The molecule has 2 N–H and O–H groups in total. The third-order valence-electron chi connectivity index (χ3n) is 4.11. The molecular weight excluding hydrogens is 448 g/mol. The second kappa shape index (κ2) is 10.2. The van der Waals surface area contributed by atoms with E-state index in [2.05, 4.69) is 31.5 Å². The quantitative estimate of drug-likeness (QED) is 0.377. The predicted molar refractivity (Wildman–Crippen MR) is 120 cm³/mol. The first kappa shape index (κ1) is 23.8. The molecule has 11 heteroatoms. The Kier molecular flexibility index (Phi) is 7.32.